The minimum atomic E-state index is -3.44. The zero-order valence-corrected chi connectivity index (χ0v) is 17.7. The standard InChI is InChI=1S/C18H18ClN3O4S2/c1-10(2)28(24,25)18-22-14-6-4-12(9-16(14)27-18)21-17(23)20-11-5-7-15(26-3)13(19)8-11/h4-10H,1-3H3,(H2,20,21,23). The highest BCUT2D eigenvalue weighted by Gasteiger charge is 2.23. The number of methoxy groups -OCH3 is 1. The molecule has 28 heavy (non-hydrogen) atoms. The van der Waals surface area contributed by atoms with Crippen LogP contribution in [0.25, 0.3) is 10.2 Å². The Morgan fingerprint density at radius 1 is 1.14 bits per heavy atom. The molecule has 0 saturated carbocycles. The number of sulfone groups is 1. The van der Waals surface area contributed by atoms with Gasteiger partial charge in [0, 0.05) is 11.4 Å². The van der Waals surface area contributed by atoms with E-state index in [1.807, 2.05) is 0 Å². The van der Waals surface area contributed by atoms with Gasteiger partial charge in [-0.1, -0.05) is 11.6 Å². The molecular weight excluding hydrogens is 422 g/mol. The molecule has 2 aromatic carbocycles. The van der Waals surface area contributed by atoms with Crippen LogP contribution in [-0.2, 0) is 9.84 Å². The number of nitrogens with zero attached hydrogens (tertiary/aromatic N) is 1. The van der Waals surface area contributed by atoms with Crippen molar-refractivity contribution in [2.75, 3.05) is 17.7 Å². The number of halogens is 1. The molecule has 0 aliphatic heterocycles. The van der Waals surface area contributed by atoms with E-state index in [1.54, 1.807) is 50.2 Å². The molecule has 1 aromatic heterocycles. The zero-order valence-electron chi connectivity index (χ0n) is 15.3. The third-order valence-corrected chi connectivity index (χ3v) is 7.77. The molecule has 0 atom stereocenters. The number of fused-ring (bicyclic) bond motifs is 1. The van der Waals surface area contributed by atoms with Crippen molar-refractivity contribution in [1.82, 2.24) is 4.98 Å². The molecule has 0 aliphatic carbocycles. The Kier molecular flexibility index (Phi) is 5.78. The zero-order chi connectivity index (χ0) is 20.5. The fraction of sp³-hybridized carbons (Fsp3) is 0.222. The van der Waals surface area contributed by atoms with Gasteiger partial charge in [0.25, 0.3) is 0 Å². The highest BCUT2D eigenvalue weighted by Crippen LogP contribution is 2.30. The van der Waals surface area contributed by atoms with Gasteiger partial charge in [0.2, 0.25) is 14.2 Å². The van der Waals surface area contributed by atoms with Crippen molar-refractivity contribution >= 4 is 60.4 Å². The van der Waals surface area contributed by atoms with Crippen LogP contribution in [0.1, 0.15) is 13.8 Å². The number of carbonyl (C=O) groups excluding carboxylic acids is 1. The second-order valence-electron chi connectivity index (χ2n) is 6.18. The normalized spacial score (nSPS) is 11.6. The second kappa shape index (κ2) is 7.94. The average molecular weight is 440 g/mol. The first-order chi connectivity index (χ1) is 13.2. The van der Waals surface area contributed by atoms with Crippen molar-refractivity contribution in [3.8, 4) is 5.75 Å². The van der Waals surface area contributed by atoms with E-state index in [-0.39, 0.29) is 4.34 Å². The summed E-state index contributed by atoms with van der Waals surface area (Å²) in [6.07, 6.45) is 0. The average Bonchev–Trinajstić information content (AvgIpc) is 3.05. The molecule has 2 N–H and O–H groups in total. The maximum Gasteiger partial charge on any atom is 0.323 e. The Morgan fingerprint density at radius 3 is 2.39 bits per heavy atom. The predicted octanol–water partition coefficient (Wildman–Crippen LogP) is 4.78. The summed E-state index contributed by atoms with van der Waals surface area (Å²) < 4.78 is 30.4. The van der Waals surface area contributed by atoms with Crippen LogP contribution in [0.2, 0.25) is 5.02 Å². The Hall–Kier alpha value is -2.36. The second-order valence-corrected chi connectivity index (χ2v) is 10.3. The number of anilines is 2. The summed E-state index contributed by atoms with van der Waals surface area (Å²) in [5.74, 6) is 0.510. The number of nitrogens with one attached hydrogen (secondary N) is 2. The highest BCUT2D eigenvalue weighted by molar-refractivity contribution is 7.94. The van der Waals surface area contributed by atoms with Gasteiger partial charge in [0.15, 0.2) is 0 Å². The smallest absolute Gasteiger partial charge is 0.323 e. The van der Waals surface area contributed by atoms with E-state index < -0.39 is 21.1 Å². The molecule has 3 rings (SSSR count). The largest absolute Gasteiger partial charge is 0.495 e. The highest BCUT2D eigenvalue weighted by atomic mass is 35.5. The van der Waals surface area contributed by atoms with E-state index in [2.05, 4.69) is 15.6 Å². The number of ether oxygens (including phenoxy) is 1. The van der Waals surface area contributed by atoms with Crippen molar-refractivity contribution in [3.05, 3.63) is 41.4 Å². The summed E-state index contributed by atoms with van der Waals surface area (Å²) in [5.41, 5.74) is 1.59. The van der Waals surface area contributed by atoms with E-state index in [1.165, 1.54) is 7.11 Å². The van der Waals surface area contributed by atoms with E-state index in [4.69, 9.17) is 16.3 Å². The lowest BCUT2D eigenvalue weighted by Gasteiger charge is -2.09. The summed E-state index contributed by atoms with van der Waals surface area (Å²) in [7, 11) is -1.93. The van der Waals surface area contributed by atoms with Gasteiger partial charge in [0.05, 0.1) is 27.6 Å². The lowest BCUT2D eigenvalue weighted by Crippen LogP contribution is -2.19. The number of aromatic nitrogens is 1. The Morgan fingerprint density at radius 2 is 1.79 bits per heavy atom. The Labute approximate surface area is 171 Å². The minimum absolute atomic E-state index is 0.0759. The van der Waals surface area contributed by atoms with Crippen molar-refractivity contribution < 1.29 is 17.9 Å². The third-order valence-electron chi connectivity index (χ3n) is 3.90. The monoisotopic (exact) mass is 439 g/mol. The molecule has 1 heterocycles. The van der Waals surface area contributed by atoms with Crippen LogP contribution in [0.4, 0.5) is 16.2 Å². The first-order valence-corrected chi connectivity index (χ1v) is 11.0. The first kappa shape index (κ1) is 20.4. The number of hydrogen-bond acceptors (Lipinski definition) is 6. The van der Waals surface area contributed by atoms with Crippen molar-refractivity contribution in [1.29, 1.82) is 0 Å². The van der Waals surface area contributed by atoms with Crippen LogP contribution >= 0.6 is 22.9 Å². The van der Waals surface area contributed by atoms with Crippen LogP contribution in [0.5, 0.6) is 5.75 Å². The molecule has 3 aromatic rings. The van der Waals surface area contributed by atoms with Gasteiger partial charge in [-0.3, -0.25) is 0 Å². The lowest BCUT2D eigenvalue weighted by molar-refractivity contribution is 0.262. The van der Waals surface area contributed by atoms with Gasteiger partial charge in [-0.25, -0.2) is 18.2 Å². The number of benzene rings is 2. The molecule has 0 aliphatic rings. The maximum absolute atomic E-state index is 12.3. The van der Waals surface area contributed by atoms with Gasteiger partial charge >= 0.3 is 6.03 Å². The number of urea groups is 1. The molecule has 2 amide bonds. The molecule has 7 nitrogen and oxygen atoms in total. The van der Waals surface area contributed by atoms with Gasteiger partial charge in [0.1, 0.15) is 5.75 Å². The minimum Gasteiger partial charge on any atom is -0.495 e. The van der Waals surface area contributed by atoms with Crippen molar-refractivity contribution in [3.63, 3.8) is 0 Å². The number of thiazole rings is 1. The van der Waals surface area contributed by atoms with E-state index in [9.17, 15) is 13.2 Å². The van der Waals surface area contributed by atoms with Gasteiger partial charge in [-0.2, -0.15) is 0 Å². The van der Waals surface area contributed by atoms with E-state index >= 15 is 0 Å². The van der Waals surface area contributed by atoms with Crippen LogP contribution in [0.3, 0.4) is 0 Å². The molecular formula is C18H18ClN3O4S2. The maximum atomic E-state index is 12.3. The lowest BCUT2D eigenvalue weighted by atomic mass is 10.3. The van der Waals surface area contributed by atoms with Gasteiger partial charge in [-0.15, -0.1) is 11.3 Å². The van der Waals surface area contributed by atoms with E-state index in [0.29, 0.717) is 32.4 Å². The first-order valence-electron chi connectivity index (χ1n) is 8.26. The molecule has 0 radical (unpaired) electrons. The number of amides is 2. The summed E-state index contributed by atoms with van der Waals surface area (Å²) in [6, 6.07) is 9.46. The molecule has 0 spiro atoms. The number of hydrogen-bond donors (Lipinski definition) is 2. The van der Waals surface area contributed by atoms with Gasteiger partial charge < -0.3 is 15.4 Å². The van der Waals surface area contributed by atoms with Gasteiger partial charge in [-0.05, 0) is 50.2 Å². The van der Waals surface area contributed by atoms with Crippen LogP contribution < -0.4 is 15.4 Å². The van der Waals surface area contributed by atoms with E-state index in [0.717, 1.165) is 11.3 Å². The fourth-order valence-electron chi connectivity index (χ4n) is 2.34. The Bertz CT molecular complexity index is 1140. The summed E-state index contributed by atoms with van der Waals surface area (Å²) >= 11 is 7.13. The fourth-order valence-corrected chi connectivity index (χ4v) is 5.28. The molecule has 0 fully saturated rings. The number of rotatable bonds is 5. The topological polar surface area (TPSA) is 97.4 Å². The molecule has 148 valence electrons. The summed E-state index contributed by atoms with van der Waals surface area (Å²) in [4.78, 5) is 16.4. The molecule has 10 heteroatoms. The van der Waals surface area contributed by atoms with Crippen LogP contribution in [0.15, 0.2) is 40.7 Å². The Balaban J connectivity index is 1.77. The van der Waals surface area contributed by atoms with Crippen molar-refractivity contribution in [2.24, 2.45) is 0 Å². The quantitative estimate of drug-likeness (QED) is 0.595. The van der Waals surface area contributed by atoms with Crippen molar-refractivity contribution in [2.45, 2.75) is 23.4 Å². The third kappa shape index (κ3) is 4.21. The van der Waals surface area contributed by atoms with Crippen LogP contribution in [0, 0.1) is 0 Å². The summed E-state index contributed by atoms with van der Waals surface area (Å²) in [5, 5.41) is 5.21. The SMILES string of the molecule is COc1ccc(NC(=O)Nc2ccc3nc(S(=O)(=O)C(C)C)sc3c2)cc1Cl. The molecule has 0 bridgehead atoms. The van der Waals surface area contributed by atoms with Crippen LogP contribution in [-0.4, -0.2) is 31.8 Å². The summed E-state index contributed by atoms with van der Waals surface area (Å²) in [6.45, 7) is 3.23. The number of carbonyl (C=O) groups is 1. The predicted molar refractivity (Wildman–Crippen MR) is 113 cm³/mol. The molecule has 0 saturated heterocycles. The molecule has 0 unspecified atom stereocenters.